The van der Waals surface area contributed by atoms with Crippen LogP contribution in [0.3, 0.4) is 0 Å². The summed E-state index contributed by atoms with van der Waals surface area (Å²) in [6, 6.07) is 0. The molecule has 19 heavy (non-hydrogen) atoms. The third-order valence-corrected chi connectivity index (χ3v) is 4.76. The molecular formula is C13H20N4S2. The predicted octanol–water partition coefficient (Wildman–Crippen LogP) is 3.61. The van der Waals surface area contributed by atoms with Crippen molar-refractivity contribution >= 4 is 22.7 Å². The lowest BCUT2D eigenvalue weighted by Gasteiger charge is -1.96. The number of unbranched alkanes of at least 4 members (excludes halogenated alkanes) is 2. The van der Waals surface area contributed by atoms with Crippen LogP contribution in [0.4, 0.5) is 0 Å². The molecule has 0 unspecified atom stereocenters. The van der Waals surface area contributed by atoms with Crippen molar-refractivity contribution in [1.29, 1.82) is 0 Å². The first-order valence-corrected chi connectivity index (χ1v) is 8.51. The molecule has 0 aliphatic carbocycles. The molecule has 0 radical (unpaired) electrons. The number of hydrogen-bond acceptors (Lipinski definition) is 6. The van der Waals surface area contributed by atoms with Crippen LogP contribution in [0, 0.1) is 6.92 Å². The Morgan fingerprint density at radius 3 is 1.89 bits per heavy atom. The average molecular weight is 296 g/mol. The Balaban J connectivity index is 1.61. The molecule has 2 aromatic heterocycles. The summed E-state index contributed by atoms with van der Waals surface area (Å²) in [5.74, 6) is 0. The topological polar surface area (TPSA) is 51.6 Å². The SMILES string of the molecule is CCCc1nnc(CCCCCc2nnc(C)s2)s1. The normalized spacial score (nSPS) is 11.1. The fourth-order valence-electron chi connectivity index (χ4n) is 1.87. The molecule has 4 nitrogen and oxygen atoms in total. The van der Waals surface area contributed by atoms with E-state index in [2.05, 4.69) is 27.3 Å². The maximum Gasteiger partial charge on any atom is 0.117 e. The largest absolute Gasteiger partial charge is 0.144 e. The smallest absolute Gasteiger partial charge is 0.117 e. The first kappa shape index (κ1) is 14.5. The summed E-state index contributed by atoms with van der Waals surface area (Å²) < 4.78 is 0. The van der Waals surface area contributed by atoms with Gasteiger partial charge < -0.3 is 0 Å². The van der Waals surface area contributed by atoms with Gasteiger partial charge in [-0.2, -0.15) is 0 Å². The van der Waals surface area contributed by atoms with E-state index in [-0.39, 0.29) is 0 Å². The van der Waals surface area contributed by atoms with Crippen molar-refractivity contribution in [2.45, 2.75) is 58.8 Å². The summed E-state index contributed by atoms with van der Waals surface area (Å²) in [4.78, 5) is 0. The van der Waals surface area contributed by atoms with Crippen molar-refractivity contribution in [2.75, 3.05) is 0 Å². The van der Waals surface area contributed by atoms with Crippen LogP contribution in [-0.4, -0.2) is 20.4 Å². The van der Waals surface area contributed by atoms with E-state index in [9.17, 15) is 0 Å². The molecule has 0 bridgehead atoms. The molecule has 104 valence electrons. The Labute approximate surface area is 122 Å². The van der Waals surface area contributed by atoms with Crippen molar-refractivity contribution in [2.24, 2.45) is 0 Å². The van der Waals surface area contributed by atoms with Gasteiger partial charge in [0.05, 0.1) is 0 Å². The van der Waals surface area contributed by atoms with Gasteiger partial charge in [0, 0.05) is 19.3 Å². The Morgan fingerprint density at radius 2 is 1.32 bits per heavy atom. The van der Waals surface area contributed by atoms with Gasteiger partial charge in [0.25, 0.3) is 0 Å². The van der Waals surface area contributed by atoms with Crippen molar-refractivity contribution in [3.05, 3.63) is 20.0 Å². The van der Waals surface area contributed by atoms with Gasteiger partial charge >= 0.3 is 0 Å². The summed E-state index contributed by atoms with van der Waals surface area (Å²) in [7, 11) is 0. The van der Waals surface area contributed by atoms with Crippen molar-refractivity contribution < 1.29 is 0 Å². The zero-order valence-electron chi connectivity index (χ0n) is 11.6. The Morgan fingerprint density at radius 1 is 0.737 bits per heavy atom. The average Bonchev–Trinajstić information content (AvgIpc) is 2.99. The van der Waals surface area contributed by atoms with Gasteiger partial charge in [0.1, 0.15) is 20.0 Å². The van der Waals surface area contributed by atoms with E-state index in [0.717, 1.165) is 30.7 Å². The fraction of sp³-hybridized carbons (Fsp3) is 0.692. The van der Waals surface area contributed by atoms with Gasteiger partial charge in [-0.15, -0.1) is 43.1 Å². The molecule has 0 amide bonds. The highest BCUT2D eigenvalue weighted by atomic mass is 32.1. The lowest BCUT2D eigenvalue weighted by molar-refractivity contribution is 0.669. The van der Waals surface area contributed by atoms with Crippen LogP contribution in [0.5, 0.6) is 0 Å². The Bertz CT molecular complexity index is 492. The van der Waals surface area contributed by atoms with E-state index in [4.69, 9.17) is 0 Å². The highest BCUT2D eigenvalue weighted by molar-refractivity contribution is 7.11. The minimum atomic E-state index is 1.06. The third-order valence-electron chi connectivity index (χ3n) is 2.82. The number of aryl methyl sites for hydroxylation is 4. The van der Waals surface area contributed by atoms with E-state index >= 15 is 0 Å². The summed E-state index contributed by atoms with van der Waals surface area (Å²) in [6.07, 6.45) is 7.94. The van der Waals surface area contributed by atoms with E-state index in [1.807, 2.05) is 6.92 Å². The maximum absolute atomic E-state index is 4.24. The first-order valence-electron chi connectivity index (χ1n) is 6.88. The van der Waals surface area contributed by atoms with Gasteiger partial charge in [0.15, 0.2) is 0 Å². The van der Waals surface area contributed by atoms with Crippen LogP contribution in [0.2, 0.25) is 0 Å². The Kier molecular flexibility index (Phi) is 5.85. The van der Waals surface area contributed by atoms with E-state index < -0.39 is 0 Å². The molecule has 0 N–H and O–H groups in total. The molecule has 0 saturated heterocycles. The zero-order chi connectivity index (χ0) is 13.5. The maximum atomic E-state index is 4.24. The number of nitrogens with zero attached hydrogens (tertiary/aromatic N) is 4. The van der Waals surface area contributed by atoms with Crippen LogP contribution in [0.25, 0.3) is 0 Å². The van der Waals surface area contributed by atoms with Gasteiger partial charge in [-0.3, -0.25) is 0 Å². The fourth-order valence-corrected chi connectivity index (χ4v) is 3.61. The molecule has 6 heteroatoms. The minimum Gasteiger partial charge on any atom is -0.144 e. The molecule has 0 aliphatic heterocycles. The lowest BCUT2D eigenvalue weighted by Crippen LogP contribution is -1.88. The molecule has 0 aromatic carbocycles. The van der Waals surface area contributed by atoms with Crippen LogP contribution in [-0.2, 0) is 19.3 Å². The van der Waals surface area contributed by atoms with Gasteiger partial charge in [-0.05, 0) is 26.2 Å². The molecule has 2 heterocycles. The first-order chi connectivity index (χ1) is 9.28. The van der Waals surface area contributed by atoms with Crippen LogP contribution in [0.1, 0.15) is 52.6 Å². The summed E-state index contributed by atoms with van der Waals surface area (Å²) in [5, 5.41) is 21.2. The predicted molar refractivity (Wildman–Crippen MR) is 79.8 cm³/mol. The van der Waals surface area contributed by atoms with Crippen LogP contribution < -0.4 is 0 Å². The molecule has 0 atom stereocenters. The molecular weight excluding hydrogens is 276 g/mol. The number of rotatable bonds is 8. The van der Waals surface area contributed by atoms with Gasteiger partial charge in [0.2, 0.25) is 0 Å². The summed E-state index contributed by atoms with van der Waals surface area (Å²) in [6.45, 7) is 4.18. The Hall–Kier alpha value is -0.880. The second-order valence-corrected chi connectivity index (χ2v) is 7.03. The van der Waals surface area contributed by atoms with Crippen LogP contribution in [0.15, 0.2) is 0 Å². The quantitative estimate of drug-likeness (QED) is 0.698. The summed E-state index contributed by atoms with van der Waals surface area (Å²) >= 11 is 3.48. The highest BCUT2D eigenvalue weighted by Crippen LogP contribution is 2.16. The van der Waals surface area contributed by atoms with Crippen molar-refractivity contribution in [1.82, 2.24) is 20.4 Å². The molecule has 0 fully saturated rings. The second kappa shape index (κ2) is 7.65. The second-order valence-electron chi connectivity index (χ2n) is 4.62. The van der Waals surface area contributed by atoms with E-state index in [1.165, 1.54) is 34.3 Å². The minimum absolute atomic E-state index is 1.06. The third kappa shape index (κ3) is 4.95. The molecule has 0 spiro atoms. The molecule has 0 saturated carbocycles. The zero-order valence-corrected chi connectivity index (χ0v) is 13.2. The van der Waals surface area contributed by atoms with Gasteiger partial charge in [-0.1, -0.05) is 13.3 Å². The monoisotopic (exact) mass is 296 g/mol. The van der Waals surface area contributed by atoms with E-state index in [0.29, 0.717) is 0 Å². The lowest BCUT2D eigenvalue weighted by atomic mass is 10.1. The highest BCUT2D eigenvalue weighted by Gasteiger charge is 2.04. The molecule has 2 rings (SSSR count). The van der Waals surface area contributed by atoms with Crippen LogP contribution >= 0.6 is 22.7 Å². The summed E-state index contributed by atoms with van der Waals surface area (Å²) in [5.41, 5.74) is 0. The van der Waals surface area contributed by atoms with E-state index in [1.54, 1.807) is 22.7 Å². The molecule has 2 aromatic rings. The standard InChI is InChI=1S/C13H20N4S2/c1-3-7-11-16-17-13(19-11)9-6-4-5-8-12-15-14-10(2)18-12/h3-9H2,1-2H3. The van der Waals surface area contributed by atoms with Crippen molar-refractivity contribution in [3.8, 4) is 0 Å². The van der Waals surface area contributed by atoms with Crippen molar-refractivity contribution in [3.63, 3.8) is 0 Å². The van der Waals surface area contributed by atoms with Gasteiger partial charge in [-0.25, -0.2) is 0 Å². The molecule has 0 aliphatic rings. The number of aromatic nitrogens is 4. The number of hydrogen-bond donors (Lipinski definition) is 0.